The molecule has 0 radical (unpaired) electrons. The van der Waals surface area contributed by atoms with Gasteiger partial charge < -0.3 is 15.4 Å². The van der Waals surface area contributed by atoms with Crippen LogP contribution in [-0.2, 0) is 9.53 Å². The van der Waals surface area contributed by atoms with Gasteiger partial charge in [0.2, 0.25) is 5.91 Å². The number of carbonyl (C=O) groups is 1. The van der Waals surface area contributed by atoms with Crippen molar-refractivity contribution in [2.45, 2.75) is 90.3 Å². The van der Waals surface area contributed by atoms with Crippen LogP contribution in [0.5, 0.6) is 0 Å². The number of carbonyl (C=O) groups excluding carboxylic acids is 1. The minimum absolute atomic E-state index is 0.0489. The molecule has 0 unspecified atom stereocenters. The second-order valence-electron chi connectivity index (χ2n) is 8.11. The van der Waals surface area contributed by atoms with Crippen molar-refractivity contribution < 1.29 is 9.53 Å². The molecule has 1 amide bonds. The van der Waals surface area contributed by atoms with Gasteiger partial charge in [-0.1, -0.05) is 19.8 Å². The molecule has 0 aliphatic heterocycles. The number of nitrogens with zero attached hydrogens (tertiary/aromatic N) is 2. The zero-order valence-corrected chi connectivity index (χ0v) is 17.0. The Morgan fingerprint density at radius 2 is 2.00 bits per heavy atom. The summed E-state index contributed by atoms with van der Waals surface area (Å²) in [5, 5.41) is 6.85. The molecule has 0 aromatic carbocycles. The van der Waals surface area contributed by atoms with E-state index in [-0.39, 0.29) is 24.0 Å². The van der Waals surface area contributed by atoms with Crippen LogP contribution < -0.4 is 10.6 Å². The molecule has 0 saturated heterocycles. The molecular weight excluding hydrogens is 340 g/mol. The van der Waals surface area contributed by atoms with Gasteiger partial charge in [0.05, 0.1) is 12.1 Å². The highest BCUT2D eigenvalue weighted by molar-refractivity contribution is 5.79. The van der Waals surface area contributed by atoms with Crippen LogP contribution in [0.1, 0.15) is 69.7 Å². The zero-order chi connectivity index (χ0) is 19.2. The molecule has 0 bridgehead atoms. The SMILES string of the molecule is CCCO[C@@H]1CC[C@H](C(=O)NC2CCCC2)C[C@H]1Nc1nc(C)ncc1C. The summed E-state index contributed by atoms with van der Waals surface area (Å²) >= 11 is 0. The van der Waals surface area contributed by atoms with Crippen molar-refractivity contribution in [1.29, 1.82) is 0 Å². The summed E-state index contributed by atoms with van der Waals surface area (Å²) in [6, 6.07) is 0.474. The number of aryl methyl sites for hydroxylation is 2. The van der Waals surface area contributed by atoms with Gasteiger partial charge in [-0.25, -0.2) is 9.97 Å². The van der Waals surface area contributed by atoms with Crippen LogP contribution in [0.4, 0.5) is 5.82 Å². The van der Waals surface area contributed by atoms with Crippen molar-refractivity contribution in [2.75, 3.05) is 11.9 Å². The van der Waals surface area contributed by atoms with Crippen LogP contribution in [0.2, 0.25) is 0 Å². The van der Waals surface area contributed by atoms with Gasteiger partial charge in [0, 0.05) is 30.3 Å². The summed E-state index contributed by atoms with van der Waals surface area (Å²) in [5.74, 6) is 1.88. The maximum atomic E-state index is 12.8. The van der Waals surface area contributed by atoms with Crippen LogP contribution >= 0.6 is 0 Å². The number of aromatic nitrogens is 2. The first-order valence-electron chi connectivity index (χ1n) is 10.6. The Morgan fingerprint density at radius 1 is 1.22 bits per heavy atom. The summed E-state index contributed by atoms with van der Waals surface area (Å²) in [6.07, 6.45) is 10.3. The zero-order valence-electron chi connectivity index (χ0n) is 17.0. The smallest absolute Gasteiger partial charge is 0.223 e. The van der Waals surface area contributed by atoms with Crippen molar-refractivity contribution in [3.8, 4) is 0 Å². The molecule has 2 aliphatic rings. The van der Waals surface area contributed by atoms with Crippen molar-refractivity contribution in [3.63, 3.8) is 0 Å². The molecular formula is C21H34N4O2. The van der Waals surface area contributed by atoms with Gasteiger partial charge in [0.15, 0.2) is 0 Å². The van der Waals surface area contributed by atoms with E-state index in [2.05, 4.69) is 27.5 Å². The number of hydrogen-bond acceptors (Lipinski definition) is 5. The highest BCUT2D eigenvalue weighted by Crippen LogP contribution is 2.30. The quantitative estimate of drug-likeness (QED) is 0.763. The Bertz CT molecular complexity index is 631. The lowest BCUT2D eigenvalue weighted by molar-refractivity contribution is -0.127. The average molecular weight is 375 g/mol. The summed E-state index contributed by atoms with van der Waals surface area (Å²) in [5.41, 5.74) is 1.02. The van der Waals surface area contributed by atoms with Crippen LogP contribution in [0.15, 0.2) is 6.20 Å². The van der Waals surface area contributed by atoms with Gasteiger partial charge >= 0.3 is 0 Å². The Hall–Kier alpha value is -1.69. The predicted molar refractivity (Wildman–Crippen MR) is 107 cm³/mol. The molecule has 3 rings (SSSR count). The molecule has 150 valence electrons. The third-order valence-electron chi connectivity index (χ3n) is 5.81. The van der Waals surface area contributed by atoms with Crippen molar-refractivity contribution in [3.05, 3.63) is 17.6 Å². The lowest BCUT2D eigenvalue weighted by Gasteiger charge is -2.36. The first kappa shape index (κ1) is 20.1. The predicted octanol–water partition coefficient (Wildman–Crippen LogP) is 3.53. The normalized spacial score (nSPS) is 26.1. The molecule has 2 fully saturated rings. The second-order valence-corrected chi connectivity index (χ2v) is 8.11. The molecule has 27 heavy (non-hydrogen) atoms. The van der Waals surface area contributed by atoms with Crippen LogP contribution in [0.25, 0.3) is 0 Å². The van der Waals surface area contributed by atoms with Crippen molar-refractivity contribution in [1.82, 2.24) is 15.3 Å². The standard InChI is InChI=1S/C21H34N4O2/c1-4-11-27-19-10-9-16(21(26)24-17-7-5-6-8-17)12-18(19)25-20-14(2)13-22-15(3)23-20/h13,16-19H,4-12H2,1-3H3,(H,24,26)(H,22,23,25)/t16-,18+,19+/m0/s1. The largest absolute Gasteiger partial charge is 0.376 e. The number of ether oxygens (including phenoxy) is 1. The highest BCUT2D eigenvalue weighted by atomic mass is 16.5. The van der Waals surface area contributed by atoms with Crippen molar-refractivity contribution >= 4 is 11.7 Å². The molecule has 3 atom stereocenters. The van der Waals surface area contributed by atoms with E-state index in [1.165, 1.54) is 12.8 Å². The Balaban J connectivity index is 1.67. The number of anilines is 1. The summed E-state index contributed by atoms with van der Waals surface area (Å²) in [4.78, 5) is 21.6. The molecule has 0 spiro atoms. The Morgan fingerprint density at radius 3 is 2.74 bits per heavy atom. The topological polar surface area (TPSA) is 76.1 Å². The van der Waals surface area contributed by atoms with Gasteiger partial charge in [-0.2, -0.15) is 0 Å². The highest BCUT2D eigenvalue weighted by Gasteiger charge is 2.35. The summed E-state index contributed by atoms with van der Waals surface area (Å²) in [6.45, 7) is 6.79. The van der Waals surface area contributed by atoms with E-state index in [1.54, 1.807) is 0 Å². The molecule has 2 aliphatic carbocycles. The number of rotatable bonds is 7. The van der Waals surface area contributed by atoms with Crippen LogP contribution in [-0.4, -0.2) is 40.7 Å². The van der Waals surface area contributed by atoms with Gasteiger partial charge in [-0.05, 0) is 52.4 Å². The fourth-order valence-corrected chi connectivity index (χ4v) is 4.24. The third-order valence-corrected chi connectivity index (χ3v) is 5.81. The third kappa shape index (κ3) is 5.41. The average Bonchev–Trinajstić information content (AvgIpc) is 3.16. The number of amides is 1. The van der Waals surface area contributed by atoms with E-state index >= 15 is 0 Å². The number of nitrogens with one attached hydrogen (secondary N) is 2. The first-order valence-corrected chi connectivity index (χ1v) is 10.6. The molecule has 1 aromatic heterocycles. The Labute approximate surface area is 162 Å². The fraction of sp³-hybridized carbons (Fsp3) is 0.762. The molecule has 2 N–H and O–H groups in total. The minimum atomic E-state index is 0.0489. The summed E-state index contributed by atoms with van der Waals surface area (Å²) < 4.78 is 6.11. The first-order chi connectivity index (χ1) is 13.1. The maximum Gasteiger partial charge on any atom is 0.223 e. The van der Waals surface area contributed by atoms with E-state index in [9.17, 15) is 4.79 Å². The molecule has 6 heteroatoms. The molecule has 1 aromatic rings. The number of hydrogen-bond donors (Lipinski definition) is 2. The summed E-state index contributed by atoms with van der Waals surface area (Å²) in [7, 11) is 0. The lowest BCUT2D eigenvalue weighted by Crippen LogP contribution is -2.47. The van der Waals surface area contributed by atoms with E-state index in [0.29, 0.717) is 6.04 Å². The molecule has 2 saturated carbocycles. The molecule has 6 nitrogen and oxygen atoms in total. The maximum absolute atomic E-state index is 12.8. The second kappa shape index (κ2) is 9.49. The van der Waals surface area contributed by atoms with E-state index < -0.39 is 0 Å². The monoisotopic (exact) mass is 374 g/mol. The van der Waals surface area contributed by atoms with Crippen LogP contribution in [0, 0.1) is 19.8 Å². The van der Waals surface area contributed by atoms with Gasteiger partial charge in [0.25, 0.3) is 0 Å². The van der Waals surface area contributed by atoms with Gasteiger partial charge in [-0.3, -0.25) is 4.79 Å². The van der Waals surface area contributed by atoms with Gasteiger partial charge in [0.1, 0.15) is 11.6 Å². The van der Waals surface area contributed by atoms with E-state index in [0.717, 1.165) is 62.3 Å². The van der Waals surface area contributed by atoms with Gasteiger partial charge in [-0.15, -0.1) is 0 Å². The van der Waals surface area contributed by atoms with E-state index in [1.807, 2.05) is 20.0 Å². The fourth-order valence-electron chi connectivity index (χ4n) is 4.24. The minimum Gasteiger partial charge on any atom is -0.376 e. The van der Waals surface area contributed by atoms with Crippen molar-refractivity contribution in [2.24, 2.45) is 5.92 Å². The van der Waals surface area contributed by atoms with Crippen LogP contribution in [0.3, 0.4) is 0 Å². The Kier molecular flexibility index (Phi) is 7.05. The lowest BCUT2D eigenvalue weighted by atomic mass is 9.82. The molecule has 1 heterocycles. The van der Waals surface area contributed by atoms with E-state index in [4.69, 9.17) is 4.74 Å².